The van der Waals surface area contributed by atoms with E-state index in [1.54, 1.807) is 6.92 Å². The second-order valence-corrected chi connectivity index (χ2v) is 6.70. The Morgan fingerprint density at radius 3 is 2.88 bits per heavy atom. The number of fused-ring (bicyclic) bond motifs is 1. The molecule has 2 bridgehead atoms. The van der Waals surface area contributed by atoms with Crippen LogP contribution in [0.2, 0.25) is 0 Å². The average molecular weight is 327 g/mol. The number of rotatable bonds is 4. The molecule has 0 aromatic heterocycles. The Balaban J connectivity index is 1.64. The molecule has 1 aromatic rings. The molecule has 3 heterocycles. The summed E-state index contributed by atoms with van der Waals surface area (Å²) in [6.07, 6.45) is 3.53. The summed E-state index contributed by atoms with van der Waals surface area (Å²) in [6.45, 7) is 4.58. The molecule has 24 heavy (non-hydrogen) atoms. The first-order valence-electron chi connectivity index (χ1n) is 8.46. The van der Waals surface area contributed by atoms with E-state index in [-0.39, 0.29) is 24.0 Å². The highest BCUT2D eigenvalue weighted by molar-refractivity contribution is 5.91. The molecule has 0 radical (unpaired) electrons. The minimum Gasteiger partial charge on any atom is -0.466 e. The fourth-order valence-corrected chi connectivity index (χ4v) is 4.27. The fraction of sp³-hybridized carbons (Fsp3) is 0.474. The number of carbonyl (C=O) groups excluding carboxylic acids is 2. The summed E-state index contributed by atoms with van der Waals surface area (Å²) >= 11 is 0. The second-order valence-electron chi connectivity index (χ2n) is 6.70. The highest BCUT2D eigenvalue weighted by Gasteiger charge is 2.67. The Morgan fingerprint density at radius 1 is 1.42 bits per heavy atom. The Labute approximate surface area is 141 Å². The topological polar surface area (TPSA) is 55.8 Å². The summed E-state index contributed by atoms with van der Waals surface area (Å²) in [5.74, 6) is -1.36. The van der Waals surface area contributed by atoms with Crippen molar-refractivity contribution in [3.63, 3.8) is 0 Å². The molecule has 0 unspecified atom stereocenters. The molecular formula is C19H21NO4. The van der Waals surface area contributed by atoms with Gasteiger partial charge in [0, 0.05) is 0 Å². The maximum atomic E-state index is 13.1. The smallest absolute Gasteiger partial charge is 0.312 e. The predicted octanol–water partition coefficient (Wildman–Crippen LogP) is 2.09. The number of likely N-dealkylation sites (tertiary alicyclic amines) is 1. The lowest BCUT2D eigenvalue weighted by atomic mass is 9.77. The number of hydrogen-bond acceptors (Lipinski definition) is 4. The zero-order valence-corrected chi connectivity index (χ0v) is 13.8. The van der Waals surface area contributed by atoms with Gasteiger partial charge in [-0.1, -0.05) is 42.5 Å². The largest absolute Gasteiger partial charge is 0.466 e. The van der Waals surface area contributed by atoms with Gasteiger partial charge in [-0.3, -0.25) is 9.59 Å². The van der Waals surface area contributed by atoms with Gasteiger partial charge in [0.25, 0.3) is 0 Å². The summed E-state index contributed by atoms with van der Waals surface area (Å²) < 4.78 is 11.3. The van der Waals surface area contributed by atoms with Crippen LogP contribution in [0.3, 0.4) is 0 Å². The molecule has 1 spiro atoms. The molecule has 1 amide bonds. The van der Waals surface area contributed by atoms with Crippen molar-refractivity contribution < 1.29 is 19.1 Å². The Morgan fingerprint density at radius 2 is 2.17 bits per heavy atom. The third-order valence-corrected chi connectivity index (χ3v) is 5.44. The molecule has 4 rings (SSSR count). The Bertz CT molecular complexity index is 701. The van der Waals surface area contributed by atoms with E-state index in [2.05, 4.69) is 0 Å². The minimum absolute atomic E-state index is 0.0174. The van der Waals surface area contributed by atoms with E-state index in [9.17, 15) is 9.59 Å². The van der Waals surface area contributed by atoms with Crippen LogP contribution in [0, 0.1) is 11.8 Å². The van der Waals surface area contributed by atoms with Crippen molar-refractivity contribution in [2.24, 2.45) is 11.8 Å². The number of esters is 1. The molecule has 2 saturated heterocycles. The summed E-state index contributed by atoms with van der Waals surface area (Å²) in [5.41, 5.74) is 0.399. The van der Waals surface area contributed by atoms with E-state index >= 15 is 0 Å². The van der Waals surface area contributed by atoms with E-state index in [0.29, 0.717) is 13.2 Å². The number of ether oxygens (including phenoxy) is 2. The van der Waals surface area contributed by atoms with Gasteiger partial charge in [-0.15, -0.1) is 0 Å². The maximum absolute atomic E-state index is 13.1. The molecule has 5 heteroatoms. The van der Waals surface area contributed by atoms with E-state index in [1.807, 2.05) is 54.3 Å². The molecule has 5 atom stereocenters. The standard InChI is InChI=1S/C19H21NO4/c1-3-23-18(22)15-14-9-10-19(24-14)11-20(17(21)16(15)19)12(2)13-7-5-4-6-8-13/h4-10,12,14-16H,3,11H2,1-2H3/t12-,14-,15+,16-,19+/m0/s1. The van der Waals surface area contributed by atoms with Crippen molar-refractivity contribution >= 4 is 11.9 Å². The quantitative estimate of drug-likeness (QED) is 0.628. The van der Waals surface area contributed by atoms with Crippen molar-refractivity contribution in [3.05, 3.63) is 48.0 Å². The molecule has 3 aliphatic rings. The second kappa shape index (κ2) is 5.45. The highest BCUT2D eigenvalue weighted by atomic mass is 16.6. The first-order valence-corrected chi connectivity index (χ1v) is 8.46. The van der Waals surface area contributed by atoms with Crippen molar-refractivity contribution in [3.8, 4) is 0 Å². The van der Waals surface area contributed by atoms with E-state index in [0.717, 1.165) is 5.56 Å². The van der Waals surface area contributed by atoms with Crippen molar-refractivity contribution in [2.75, 3.05) is 13.2 Å². The van der Waals surface area contributed by atoms with Gasteiger partial charge < -0.3 is 14.4 Å². The van der Waals surface area contributed by atoms with Gasteiger partial charge in [0.05, 0.1) is 31.2 Å². The third kappa shape index (κ3) is 2.04. The summed E-state index contributed by atoms with van der Waals surface area (Å²) in [6, 6.07) is 9.86. The Hall–Kier alpha value is -2.14. The van der Waals surface area contributed by atoms with Crippen LogP contribution in [0.25, 0.3) is 0 Å². The third-order valence-electron chi connectivity index (χ3n) is 5.44. The number of carbonyl (C=O) groups is 2. The molecule has 0 aliphatic carbocycles. The molecule has 3 aliphatic heterocycles. The van der Waals surface area contributed by atoms with E-state index < -0.39 is 17.4 Å². The molecule has 0 N–H and O–H groups in total. The van der Waals surface area contributed by atoms with Crippen LogP contribution in [-0.2, 0) is 19.1 Å². The highest BCUT2D eigenvalue weighted by Crippen LogP contribution is 2.53. The number of benzene rings is 1. The van der Waals surface area contributed by atoms with Gasteiger partial charge in [0.1, 0.15) is 11.5 Å². The zero-order chi connectivity index (χ0) is 16.9. The van der Waals surface area contributed by atoms with Crippen LogP contribution in [0.1, 0.15) is 25.5 Å². The lowest BCUT2D eigenvalue weighted by Gasteiger charge is -2.27. The zero-order valence-electron chi connectivity index (χ0n) is 13.8. The summed E-state index contributed by atoms with van der Waals surface area (Å²) in [4.78, 5) is 27.3. The SMILES string of the molecule is CCOC(=O)[C@@H]1[C@@H]2C=C[C@]3(CN([C@@H](C)c4ccccc4)C(=O)[C@H]13)O2. The van der Waals surface area contributed by atoms with Crippen LogP contribution in [0.4, 0.5) is 0 Å². The maximum Gasteiger partial charge on any atom is 0.312 e. The number of hydrogen-bond donors (Lipinski definition) is 0. The van der Waals surface area contributed by atoms with Crippen LogP contribution >= 0.6 is 0 Å². The van der Waals surface area contributed by atoms with Gasteiger partial charge in [-0.2, -0.15) is 0 Å². The molecule has 1 aromatic carbocycles. The van der Waals surface area contributed by atoms with Gasteiger partial charge in [-0.25, -0.2) is 0 Å². The van der Waals surface area contributed by atoms with Gasteiger partial charge in [-0.05, 0) is 19.4 Å². The predicted molar refractivity (Wildman–Crippen MR) is 86.9 cm³/mol. The van der Waals surface area contributed by atoms with Crippen LogP contribution < -0.4 is 0 Å². The van der Waals surface area contributed by atoms with Gasteiger partial charge >= 0.3 is 5.97 Å². The molecule has 2 fully saturated rings. The molecule has 126 valence electrons. The fourth-order valence-electron chi connectivity index (χ4n) is 4.27. The van der Waals surface area contributed by atoms with Gasteiger partial charge in [0.15, 0.2) is 0 Å². The van der Waals surface area contributed by atoms with Crippen molar-refractivity contribution in [1.29, 1.82) is 0 Å². The monoisotopic (exact) mass is 327 g/mol. The lowest BCUT2D eigenvalue weighted by molar-refractivity contribution is -0.153. The molecule has 5 nitrogen and oxygen atoms in total. The normalized spacial score (nSPS) is 34.5. The summed E-state index contributed by atoms with van der Waals surface area (Å²) in [5, 5.41) is 0. The first kappa shape index (κ1) is 15.4. The van der Waals surface area contributed by atoms with Gasteiger partial charge in [0.2, 0.25) is 5.91 Å². The molecule has 0 saturated carbocycles. The van der Waals surface area contributed by atoms with Crippen molar-refractivity contribution in [1.82, 2.24) is 4.90 Å². The number of nitrogens with zero attached hydrogens (tertiary/aromatic N) is 1. The molecular weight excluding hydrogens is 306 g/mol. The lowest BCUT2D eigenvalue weighted by Crippen LogP contribution is -2.40. The van der Waals surface area contributed by atoms with Crippen LogP contribution in [0.15, 0.2) is 42.5 Å². The average Bonchev–Trinajstić information content (AvgIpc) is 3.23. The van der Waals surface area contributed by atoms with E-state index in [1.165, 1.54) is 0 Å². The Kier molecular flexibility index (Phi) is 3.49. The minimum atomic E-state index is -0.678. The first-order chi connectivity index (χ1) is 11.6. The van der Waals surface area contributed by atoms with Crippen molar-refractivity contribution in [2.45, 2.75) is 31.6 Å². The summed E-state index contributed by atoms with van der Waals surface area (Å²) in [7, 11) is 0. The van der Waals surface area contributed by atoms with Crippen LogP contribution in [-0.4, -0.2) is 41.6 Å². The number of amides is 1. The van der Waals surface area contributed by atoms with Crippen LogP contribution in [0.5, 0.6) is 0 Å². The van der Waals surface area contributed by atoms with E-state index in [4.69, 9.17) is 9.47 Å².